The van der Waals surface area contributed by atoms with Crippen molar-refractivity contribution < 1.29 is 9.26 Å². The molecule has 0 bridgehead atoms. The molecule has 21 heavy (non-hydrogen) atoms. The highest BCUT2D eigenvalue weighted by molar-refractivity contribution is 5.05. The molecule has 1 aliphatic carbocycles. The first kappa shape index (κ1) is 13.0. The van der Waals surface area contributed by atoms with Crippen LogP contribution in [0.5, 0.6) is 0 Å². The zero-order valence-corrected chi connectivity index (χ0v) is 12.0. The Hall–Kier alpha value is -1.73. The van der Waals surface area contributed by atoms with Crippen LogP contribution in [-0.4, -0.2) is 44.2 Å². The summed E-state index contributed by atoms with van der Waals surface area (Å²) >= 11 is 0. The molecule has 0 unspecified atom stereocenters. The fraction of sp³-hybridized carbons (Fsp3) is 0.643. The van der Waals surface area contributed by atoms with E-state index in [1.807, 2.05) is 6.20 Å². The molecule has 1 aliphatic heterocycles. The summed E-state index contributed by atoms with van der Waals surface area (Å²) in [6, 6.07) is 0. The first-order valence-electron chi connectivity index (χ1n) is 7.47. The Morgan fingerprint density at radius 1 is 1.38 bits per heavy atom. The van der Waals surface area contributed by atoms with E-state index in [4.69, 9.17) is 9.26 Å². The van der Waals surface area contributed by atoms with Gasteiger partial charge in [0.1, 0.15) is 11.9 Å². The minimum atomic E-state index is -0.149. The molecule has 7 heteroatoms. The molecule has 2 aromatic rings. The van der Waals surface area contributed by atoms with E-state index < -0.39 is 0 Å². The zero-order chi connectivity index (χ0) is 14.2. The van der Waals surface area contributed by atoms with Crippen LogP contribution in [0.1, 0.15) is 49.3 Å². The van der Waals surface area contributed by atoms with E-state index >= 15 is 0 Å². The van der Waals surface area contributed by atoms with E-state index in [2.05, 4.69) is 31.9 Å². The number of morpholine rings is 1. The summed E-state index contributed by atoms with van der Waals surface area (Å²) in [5.41, 5.74) is 0. The second-order valence-electron chi connectivity index (χ2n) is 5.93. The number of nitrogens with zero attached hydrogens (tertiary/aromatic N) is 4. The molecule has 2 aromatic heterocycles. The topological polar surface area (TPSA) is 80.1 Å². The lowest BCUT2D eigenvalue weighted by molar-refractivity contribution is -0.0935. The molecule has 112 valence electrons. The molecule has 0 amide bonds. The minimum Gasteiger partial charge on any atom is -0.363 e. The molecule has 0 radical (unpaired) electrons. The van der Waals surface area contributed by atoms with Gasteiger partial charge in [0.25, 0.3) is 5.89 Å². The molecular formula is C14H19N5O2. The predicted octanol–water partition coefficient (Wildman–Crippen LogP) is 1.63. The molecule has 0 aromatic carbocycles. The summed E-state index contributed by atoms with van der Waals surface area (Å²) in [6.45, 7) is 4.47. The van der Waals surface area contributed by atoms with Crippen LogP contribution in [0.4, 0.5) is 0 Å². The van der Waals surface area contributed by atoms with E-state index in [-0.39, 0.29) is 12.2 Å². The van der Waals surface area contributed by atoms with Crippen molar-refractivity contribution >= 4 is 0 Å². The van der Waals surface area contributed by atoms with E-state index in [9.17, 15) is 0 Å². The van der Waals surface area contributed by atoms with Crippen LogP contribution in [0, 0.1) is 0 Å². The van der Waals surface area contributed by atoms with Gasteiger partial charge in [-0.25, -0.2) is 4.98 Å². The van der Waals surface area contributed by atoms with Crippen LogP contribution in [0.15, 0.2) is 16.9 Å². The lowest BCUT2D eigenvalue weighted by atomic mass is 10.2. The molecule has 1 saturated carbocycles. The van der Waals surface area contributed by atoms with Gasteiger partial charge in [0.05, 0.1) is 12.6 Å². The third kappa shape index (κ3) is 2.84. The van der Waals surface area contributed by atoms with Crippen LogP contribution < -0.4 is 0 Å². The maximum Gasteiger partial charge on any atom is 0.257 e. The highest BCUT2D eigenvalue weighted by Gasteiger charge is 2.34. The van der Waals surface area contributed by atoms with Gasteiger partial charge < -0.3 is 14.2 Å². The maximum absolute atomic E-state index is 5.97. The van der Waals surface area contributed by atoms with E-state index in [1.165, 1.54) is 12.8 Å². The summed E-state index contributed by atoms with van der Waals surface area (Å²) in [7, 11) is 0. The number of rotatable bonds is 4. The van der Waals surface area contributed by atoms with Crippen LogP contribution in [0.2, 0.25) is 0 Å². The molecule has 7 nitrogen and oxygen atoms in total. The number of nitrogens with one attached hydrogen (secondary N) is 1. The molecule has 4 rings (SSSR count). The Bertz CT molecular complexity index is 592. The number of ether oxygens (including phenoxy) is 1. The quantitative estimate of drug-likeness (QED) is 0.921. The largest absolute Gasteiger partial charge is 0.363 e. The monoisotopic (exact) mass is 289 g/mol. The van der Waals surface area contributed by atoms with Gasteiger partial charge in [-0.2, -0.15) is 4.98 Å². The van der Waals surface area contributed by atoms with Gasteiger partial charge in [-0.1, -0.05) is 5.16 Å². The second-order valence-corrected chi connectivity index (χ2v) is 5.93. The van der Waals surface area contributed by atoms with Gasteiger partial charge in [-0.05, 0) is 19.8 Å². The minimum absolute atomic E-state index is 0.134. The van der Waals surface area contributed by atoms with Gasteiger partial charge in [0.15, 0.2) is 5.82 Å². The second kappa shape index (κ2) is 5.23. The van der Waals surface area contributed by atoms with Gasteiger partial charge in [0, 0.05) is 31.4 Å². The fourth-order valence-corrected chi connectivity index (χ4v) is 2.79. The average Bonchev–Trinajstić information content (AvgIpc) is 2.99. The van der Waals surface area contributed by atoms with Gasteiger partial charge in [-0.15, -0.1) is 0 Å². The summed E-state index contributed by atoms with van der Waals surface area (Å²) in [4.78, 5) is 14.2. The molecule has 1 saturated heterocycles. The molecule has 3 heterocycles. The van der Waals surface area contributed by atoms with E-state index in [0.29, 0.717) is 11.8 Å². The van der Waals surface area contributed by atoms with Crippen LogP contribution >= 0.6 is 0 Å². The van der Waals surface area contributed by atoms with Crippen molar-refractivity contribution in [3.05, 3.63) is 29.9 Å². The molecule has 2 aliphatic rings. The third-order valence-corrected chi connectivity index (χ3v) is 3.94. The Morgan fingerprint density at radius 3 is 3.05 bits per heavy atom. The first-order chi connectivity index (χ1) is 10.3. The SMILES string of the molecule is C[C@@H]1CN(Cc2ncc[nH]2)C[C@H](c2nc(C3CC3)no2)O1. The molecule has 2 fully saturated rings. The Labute approximate surface area is 122 Å². The van der Waals surface area contributed by atoms with E-state index in [1.54, 1.807) is 6.20 Å². The highest BCUT2D eigenvalue weighted by atomic mass is 16.5. The van der Waals surface area contributed by atoms with Crippen molar-refractivity contribution in [2.75, 3.05) is 13.1 Å². The van der Waals surface area contributed by atoms with Gasteiger partial charge >= 0.3 is 0 Å². The number of H-pyrrole nitrogens is 1. The van der Waals surface area contributed by atoms with Crippen molar-refractivity contribution in [2.45, 2.75) is 44.4 Å². The van der Waals surface area contributed by atoms with Crippen LogP contribution in [-0.2, 0) is 11.3 Å². The number of hydrogen-bond acceptors (Lipinski definition) is 6. The number of hydrogen-bond donors (Lipinski definition) is 1. The van der Waals surface area contributed by atoms with Crippen molar-refractivity contribution in [1.82, 2.24) is 25.0 Å². The molecular weight excluding hydrogens is 270 g/mol. The van der Waals surface area contributed by atoms with Crippen LogP contribution in [0.3, 0.4) is 0 Å². The Kier molecular flexibility index (Phi) is 3.23. The zero-order valence-electron chi connectivity index (χ0n) is 12.0. The smallest absolute Gasteiger partial charge is 0.257 e. The van der Waals surface area contributed by atoms with Crippen LogP contribution in [0.25, 0.3) is 0 Å². The highest BCUT2D eigenvalue weighted by Crippen LogP contribution is 2.38. The molecule has 1 N–H and O–H groups in total. The lowest BCUT2D eigenvalue weighted by Crippen LogP contribution is -2.42. The first-order valence-corrected chi connectivity index (χ1v) is 7.47. The summed E-state index contributed by atoms with van der Waals surface area (Å²) in [6.07, 6.45) is 5.95. The number of aromatic amines is 1. The predicted molar refractivity (Wildman–Crippen MR) is 73.4 cm³/mol. The fourth-order valence-electron chi connectivity index (χ4n) is 2.79. The van der Waals surface area contributed by atoms with Crippen molar-refractivity contribution in [1.29, 1.82) is 0 Å². The van der Waals surface area contributed by atoms with Crippen molar-refractivity contribution in [2.24, 2.45) is 0 Å². The standard InChI is InChI=1S/C14H19N5O2/c1-9-6-19(8-12-15-4-5-16-12)7-11(20-9)14-17-13(18-21-14)10-2-3-10/h4-5,9-11H,2-3,6-8H2,1H3,(H,15,16)/t9-,11-/m1/s1. The third-order valence-electron chi connectivity index (χ3n) is 3.94. The average molecular weight is 289 g/mol. The number of aromatic nitrogens is 4. The van der Waals surface area contributed by atoms with Crippen molar-refractivity contribution in [3.63, 3.8) is 0 Å². The lowest BCUT2D eigenvalue weighted by Gasteiger charge is -2.34. The summed E-state index contributed by atoms with van der Waals surface area (Å²) < 4.78 is 11.4. The summed E-state index contributed by atoms with van der Waals surface area (Å²) in [5, 5.41) is 4.08. The molecule has 2 atom stereocenters. The Balaban J connectivity index is 1.46. The molecule has 0 spiro atoms. The maximum atomic E-state index is 5.97. The number of imidazole rings is 1. The van der Waals surface area contributed by atoms with Gasteiger partial charge in [-0.3, -0.25) is 4.90 Å². The van der Waals surface area contributed by atoms with E-state index in [0.717, 1.165) is 31.3 Å². The normalized spacial score (nSPS) is 27.1. The van der Waals surface area contributed by atoms with Gasteiger partial charge in [0.2, 0.25) is 0 Å². The Morgan fingerprint density at radius 2 is 2.29 bits per heavy atom. The van der Waals surface area contributed by atoms with Crippen molar-refractivity contribution in [3.8, 4) is 0 Å². The summed E-state index contributed by atoms with van der Waals surface area (Å²) in [5.74, 6) is 2.91.